The van der Waals surface area contributed by atoms with Gasteiger partial charge in [-0.25, -0.2) is 9.78 Å². The monoisotopic (exact) mass is 475 g/mol. The zero-order chi connectivity index (χ0) is 21.8. The van der Waals surface area contributed by atoms with Crippen molar-refractivity contribution in [1.82, 2.24) is 9.97 Å². The van der Waals surface area contributed by atoms with Crippen molar-refractivity contribution in [2.45, 2.75) is 6.92 Å². The zero-order valence-corrected chi connectivity index (χ0v) is 18.2. The van der Waals surface area contributed by atoms with Crippen LogP contribution in [0.4, 0.5) is 5.69 Å². The first kappa shape index (κ1) is 20.7. The number of fused-ring (bicyclic) bond motifs is 1. The van der Waals surface area contributed by atoms with E-state index in [0.717, 1.165) is 15.4 Å². The number of carbonyl (C=O) groups is 2. The summed E-state index contributed by atoms with van der Waals surface area (Å²) in [5.74, 6) is -0.669. The summed E-state index contributed by atoms with van der Waals surface area (Å²) in [5, 5.41) is 3.63. The maximum atomic E-state index is 13.2. The lowest BCUT2D eigenvalue weighted by Crippen LogP contribution is -2.13. The van der Waals surface area contributed by atoms with Crippen molar-refractivity contribution in [1.29, 1.82) is 0 Å². The minimum Gasteiger partial charge on any atom is -0.462 e. The highest BCUT2D eigenvalue weighted by Crippen LogP contribution is 2.27. The van der Waals surface area contributed by atoms with E-state index in [2.05, 4.69) is 26.2 Å². The molecule has 0 spiro atoms. The Morgan fingerprint density at radius 1 is 1.00 bits per heavy atom. The van der Waals surface area contributed by atoms with E-state index in [1.165, 1.54) is 0 Å². The van der Waals surface area contributed by atoms with Gasteiger partial charge in [0.15, 0.2) is 0 Å². The zero-order valence-electron chi connectivity index (χ0n) is 16.6. The largest absolute Gasteiger partial charge is 0.462 e. The van der Waals surface area contributed by atoms with E-state index in [0.29, 0.717) is 34.6 Å². The fourth-order valence-electron chi connectivity index (χ4n) is 3.16. The number of rotatable bonds is 5. The number of anilines is 1. The average Bonchev–Trinajstić information content (AvgIpc) is 2.79. The minimum atomic E-state index is -0.396. The molecule has 2 heterocycles. The summed E-state index contributed by atoms with van der Waals surface area (Å²) in [6.07, 6.45) is 3.38. The van der Waals surface area contributed by atoms with Crippen LogP contribution < -0.4 is 5.32 Å². The summed E-state index contributed by atoms with van der Waals surface area (Å²) >= 11 is 3.47. The van der Waals surface area contributed by atoms with Gasteiger partial charge in [-0.3, -0.25) is 9.78 Å². The Bertz CT molecular complexity index is 1260. The highest BCUT2D eigenvalue weighted by atomic mass is 79.9. The summed E-state index contributed by atoms with van der Waals surface area (Å²) in [5.41, 5.74) is 3.75. The van der Waals surface area contributed by atoms with E-state index in [-0.39, 0.29) is 5.91 Å². The Morgan fingerprint density at radius 3 is 2.45 bits per heavy atom. The number of aromatic nitrogens is 2. The standard InChI is InChI=1S/C24H18BrN3O3/c1-2-31-24(30)16-3-6-18(7-4-16)27-23(29)20-14-22(15-9-11-26-12-10-15)28-21-8-5-17(25)13-19(20)21/h3-14H,2H2,1H3,(H,27,29). The third-order valence-electron chi connectivity index (χ3n) is 4.65. The number of amides is 1. The average molecular weight is 476 g/mol. The van der Waals surface area contributed by atoms with E-state index < -0.39 is 5.97 Å². The summed E-state index contributed by atoms with van der Waals surface area (Å²) in [7, 11) is 0. The first-order valence-electron chi connectivity index (χ1n) is 9.64. The number of pyridine rings is 2. The van der Waals surface area contributed by atoms with E-state index >= 15 is 0 Å². The van der Waals surface area contributed by atoms with Gasteiger partial charge < -0.3 is 10.1 Å². The topological polar surface area (TPSA) is 81.2 Å². The lowest BCUT2D eigenvalue weighted by molar-refractivity contribution is 0.0526. The Balaban J connectivity index is 1.70. The van der Waals surface area contributed by atoms with E-state index in [4.69, 9.17) is 9.72 Å². The van der Waals surface area contributed by atoms with Crippen molar-refractivity contribution in [3.05, 3.63) is 88.7 Å². The van der Waals surface area contributed by atoms with Gasteiger partial charge >= 0.3 is 5.97 Å². The second-order valence-corrected chi connectivity index (χ2v) is 7.62. The second kappa shape index (κ2) is 9.06. The number of hydrogen-bond donors (Lipinski definition) is 1. The quantitative estimate of drug-likeness (QED) is 0.386. The number of esters is 1. The Hall–Kier alpha value is -3.58. The lowest BCUT2D eigenvalue weighted by Gasteiger charge is -2.11. The molecule has 154 valence electrons. The molecule has 0 aliphatic carbocycles. The molecule has 4 aromatic rings. The highest BCUT2D eigenvalue weighted by Gasteiger charge is 2.15. The van der Waals surface area contributed by atoms with Crippen molar-refractivity contribution >= 4 is 44.4 Å². The molecule has 0 bridgehead atoms. The maximum Gasteiger partial charge on any atom is 0.338 e. The number of hydrogen-bond acceptors (Lipinski definition) is 5. The molecule has 1 amide bonds. The molecule has 0 unspecified atom stereocenters. The number of nitrogens with one attached hydrogen (secondary N) is 1. The minimum absolute atomic E-state index is 0.273. The van der Waals surface area contributed by atoms with Crippen molar-refractivity contribution < 1.29 is 14.3 Å². The molecule has 0 aliphatic rings. The molecule has 6 nitrogen and oxygen atoms in total. The van der Waals surface area contributed by atoms with Crippen molar-refractivity contribution in [3.8, 4) is 11.3 Å². The van der Waals surface area contributed by atoms with Crippen LogP contribution in [0.3, 0.4) is 0 Å². The molecule has 0 aliphatic heterocycles. The van der Waals surface area contributed by atoms with Crippen LogP contribution in [0.5, 0.6) is 0 Å². The Morgan fingerprint density at radius 2 is 1.74 bits per heavy atom. The SMILES string of the molecule is CCOC(=O)c1ccc(NC(=O)c2cc(-c3ccncc3)nc3ccc(Br)cc23)cc1. The van der Waals surface area contributed by atoms with Crippen LogP contribution in [0, 0.1) is 0 Å². The third-order valence-corrected chi connectivity index (χ3v) is 5.14. The Labute approximate surface area is 187 Å². The van der Waals surface area contributed by atoms with Crippen LogP contribution >= 0.6 is 15.9 Å². The summed E-state index contributed by atoms with van der Waals surface area (Å²) in [4.78, 5) is 33.8. The van der Waals surface area contributed by atoms with Gasteiger partial charge in [0.25, 0.3) is 5.91 Å². The van der Waals surface area contributed by atoms with Gasteiger partial charge in [-0.1, -0.05) is 15.9 Å². The van der Waals surface area contributed by atoms with Crippen LogP contribution in [0.2, 0.25) is 0 Å². The second-order valence-electron chi connectivity index (χ2n) is 6.70. The van der Waals surface area contributed by atoms with Gasteiger partial charge in [0.1, 0.15) is 0 Å². The molecule has 0 radical (unpaired) electrons. The van der Waals surface area contributed by atoms with E-state index in [1.807, 2.05) is 30.3 Å². The van der Waals surface area contributed by atoms with Crippen LogP contribution in [0.1, 0.15) is 27.6 Å². The molecule has 0 fully saturated rings. The molecular weight excluding hydrogens is 458 g/mol. The summed E-state index contributed by atoms with van der Waals surface area (Å²) in [6, 6.07) is 17.7. The molecule has 7 heteroatoms. The van der Waals surface area contributed by atoms with Crippen LogP contribution in [0.15, 0.2) is 77.5 Å². The van der Waals surface area contributed by atoms with Gasteiger partial charge in [0.2, 0.25) is 0 Å². The third kappa shape index (κ3) is 4.62. The number of halogens is 1. The molecule has 31 heavy (non-hydrogen) atoms. The first-order valence-corrected chi connectivity index (χ1v) is 10.4. The number of nitrogens with zero attached hydrogens (tertiary/aromatic N) is 2. The fraction of sp³-hybridized carbons (Fsp3) is 0.0833. The fourth-order valence-corrected chi connectivity index (χ4v) is 3.52. The predicted molar refractivity (Wildman–Crippen MR) is 123 cm³/mol. The van der Waals surface area contributed by atoms with Crippen LogP contribution in [-0.2, 0) is 4.74 Å². The van der Waals surface area contributed by atoms with Crippen molar-refractivity contribution in [2.24, 2.45) is 0 Å². The molecule has 2 aromatic heterocycles. The first-order chi connectivity index (χ1) is 15.0. The van der Waals surface area contributed by atoms with E-state index in [9.17, 15) is 9.59 Å². The summed E-state index contributed by atoms with van der Waals surface area (Å²) in [6.45, 7) is 2.06. The number of carbonyl (C=O) groups excluding carboxylic acids is 2. The molecule has 1 N–H and O–H groups in total. The van der Waals surface area contributed by atoms with Gasteiger partial charge in [0, 0.05) is 33.5 Å². The van der Waals surface area contributed by atoms with Crippen molar-refractivity contribution in [3.63, 3.8) is 0 Å². The molecular formula is C24H18BrN3O3. The van der Waals surface area contributed by atoms with Crippen LogP contribution in [-0.4, -0.2) is 28.5 Å². The van der Waals surface area contributed by atoms with Gasteiger partial charge in [-0.15, -0.1) is 0 Å². The van der Waals surface area contributed by atoms with Crippen molar-refractivity contribution in [2.75, 3.05) is 11.9 Å². The molecule has 4 rings (SSSR count). The maximum absolute atomic E-state index is 13.2. The lowest BCUT2D eigenvalue weighted by atomic mass is 10.0. The molecule has 0 saturated heterocycles. The predicted octanol–water partition coefficient (Wildman–Crippen LogP) is 5.49. The molecule has 2 aromatic carbocycles. The number of ether oxygens (including phenoxy) is 1. The Kier molecular flexibility index (Phi) is 6.04. The smallest absolute Gasteiger partial charge is 0.338 e. The van der Waals surface area contributed by atoms with Gasteiger partial charge in [-0.05, 0) is 67.6 Å². The molecule has 0 saturated carbocycles. The normalized spacial score (nSPS) is 10.6. The summed E-state index contributed by atoms with van der Waals surface area (Å²) < 4.78 is 5.84. The van der Waals surface area contributed by atoms with Crippen LogP contribution in [0.25, 0.3) is 22.2 Å². The van der Waals surface area contributed by atoms with Gasteiger partial charge in [-0.2, -0.15) is 0 Å². The molecule has 0 atom stereocenters. The van der Waals surface area contributed by atoms with Gasteiger partial charge in [0.05, 0.1) is 28.9 Å². The number of benzene rings is 2. The van der Waals surface area contributed by atoms with E-state index in [1.54, 1.807) is 49.6 Å². The highest BCUT2D eigenvalue weighted by molar-refractivity contribution is 9.10.